The van der Waals surface area contributed by atoms with Crippen LogP contribution in [0.2, 0.25) is 0 Å². The number of pyridine rings is 1. The van der Waals surface area contributed by atoms with Crippen molar-refractivity contribution in [2.45, 2.75) is 19.1 Å². The molecule has 22 heavy (non-hydrogen) atoms. The van der Waals surface area contributed by atoms with Gasteiger partial charge >= 0.3 is 0 Å². The first-order valence-corrected chi connectivity index (χ1v) is 7.90. The maximum Gasteiger partial charge on any atom is 0.225 e. The predicted molar refractivity (Wildman–Crippen MR) is 84.1 cm³/mol. The van der Waals surface area contributed by atoms with Crippen LogP contribution in [0, 0.1) is 11.8 Å². The topological polar surface area (TPSA) is 54.5 Å². The van der Waals surface area contributed by atoms with Crippen LogP contribution in [0.3, 0.4) is 0 Å². The van der Waals surface area contributed by atoms with Crippen LogP contribution in [-0.4, -0.2) is 48.1 Å². The molecule has 2 aliphatic rings. The van der Waals surface area contributed by atoms with Crippen LogP contribution in [0.5, 0.6) is 0 Å². The lowest BCUT2D eigenvalue weighted by atomic mass is 9.82. The van der Waals surface area contributed by atoms with Crippen molar-refractivity contribution in [1.29, 1.82) is 0 Å². The number of hydrogen-bond acceptors (Lipinski definition) is 4. The summed E-state index contributed by atoms with van der Waals surface area (Å²) in [5.74, 6) is 0.439. The third kappa shape index (κ3) is 3.36. The molecule has 1 amide bonds. The second kappa shape index (κ2) is 7.03. The van der Waals surface area contributed by atoms with Crippen molar-refractivity contribution in [1.82, 2.24) is 15.2 Å². The normalized spacial score (nSPS) is 28.1. The van der Waals surface area contributed by atoms with E-state index in [1.165, 1.54) is 0 Å². The lowest BCUT2D eigenvalue weighted by molar-refractivity contribution is -0.131. The summed E-state index contributed by atoms with van der Waals surface area (Å²) in [7, 11) is 0. The molecule has 0 spiro atoms. The van der Waals surface area contributed by atoms with E-state index in [1.807, 2.05) is 24.3 Å². The van der Waals surface area contributed by atoms with Gasteiger partial charge in [-0.25, -0.2) is 0 Å². The monoisotopic (exact) mass is 301 g/mol. The average molecular weight is 301 g/mol. The van der Waals surface area contributed by atoms with E-state index in [4.69, 9.17) is 4.74 Å². The maximum absolute atomic E-state index is 12.6. The molecule has 3 rings (SSSR count). The van der Waals surface area contributed by atoms with Gasteiger partial charge < -0.3 is 10.1 Å². The highest BCUT2D eigenvalue weighted by molar-refractivity contribution is 5.79. The van der Waals surface area contributed by atoms with Gasteiger partial charge in [0.1, 0.15) is 0 Å². The van der Waals surface area contributed by atoms with Gasteiger partial charge in [0, 0.05) is 38.4 Å². The molecule has 3 atom stereocenters. The Labute approximate surface area is 131 Å². The van der Waals surface area contributed by atoms with Gasteiger partial charge in [-0.05, 0) is 18.6 Å². The molecule has 2 saturated heterocycles. The van der Waals surface area contributed by atoms with E-state index in [9.17, 15) is 4.79 Å². The highest BCUT2D eigenvalue weighted by Crippen LogP contribution is 2.33. The van der Waals surface area contributed by atoms with E-state index in [2.05, 4.69) is 21.8 Å². The Bertz CT molecular complexity index is 520. The summed E-state index contributed by atoms with van der Waals surface area (Å²) >= 11 is 0. The van der Waals surface area contributed by atoms with Gasteiger partial charge in [0.2, 0.25) is 5.91 Å². The molecular weight excluding hydrogens is 278 g/mol. The van der Waals surface area contributed by atoms with Crippen LogP contribution < -0.4 is 5.32 Å². The molecule has 1 N–H and O–H groups in total. The molecule has 5 heteroatoms. The molecule has 2 aliphatic heterocycles. The second-order valence-corrected chi connectivity index (χ2v) is 6.01. The molecule has 0 aliphatic carbocycles. The summed E-state index contributed by atoms with van der Waals surface area (Å²) < 4.78 is 5.81. The zero-order valence-electron chi connectivity index (χ0n) is 12.8. The first-order chi connectivity index (χ1) is 10.8. The summed E-state index contributed by atoms with van der Waals surface area (Å²) in [6, 6.07) is 5.73. The maximum atomic E-state index is 12.6. The van der Waals surface area contributed by atoms with Crippen molar-refractivity contribution in [3.05, 3.63) is 42.7 Å². The summed E-state index contributed by atoms with van der Waals surface area (Å²) in [6.07, 6.45) is 4.79. The SMILES string of the molecule is C=CCN1C[C@H]2OCC[C@H]2[C@H](C(=O)NCc2ccccn2)C1. The fourth-order valence-corrected chi connectivity index (χ4v) is 3.48. The summed E-state index contributed by atoms with van der Waals surface area (Å²) in [5, 5.41) is 3.03. The molecule has 118 valence electrons. The van der Waals surface area contributed by atoms with Crippen molar-refractivity contribution in [3.8, 4) is 0 Å². The number of carbonyl (C=O) groups excluding carboxylic acids is 1. The molecule has 3 heterocycles. The van der Waals surface area contributed by atoms with Crippen molar-refractivity contribution in [2.24, 2.45) is 11.8 Å². The van der Waals surface area contributed by atoms with Gasteiger partial charge in [-0.2, -0.15) is 0 Å². The Hall–Kier alpha value is -1.72. The van der Waals surface area contributed by atoms with Gasteiger partial charge in [-0.3, -0.25) is 14.7 Å². The summed E-state index contributed by atoms with van der Waals surface area (Å²) in [6.45, 7) is 7.53. The lowest BCUT2D eigenvalue weighted by Gasteiger charge is -2.38. The van der Waals surface area contributed by atoms with Gasteiger partial charge in [-0.1, -0.05) is 12.1 Å². The average Bonchev–Trinajstić information content (AvgIpc) is 3.01. The number of amides is 1. The number of nitrogens with one attached hydrogen (secondary N) is 1. The quantitative estimate of drug-likeness (QED) is 0.831. The Morgan fingerprint density at radius 3 is 3.18 bits per heavy atom. The van der Waals surface area contributed by atoms with Crippen LogP contribution in [0.15, 0.2) is 37.1 Å². The van der Waals surface area contributed by atoms with Gasteiger partial charge in [0.25, 0.3) is 0 Å². The van der Waals surface area contributed by atoms with E-state index in [1.54, 1.807) is 6.20 Å². The second-order valence-electron chi connectivity index (χ2n) is 6.01. The number of piperidine rings is 1. The first-order valence-electron chi connectivity index (χ1n) is 7.90. The van der Waals surface area contributed by atoms with Crippen molar-refractivity contribution in [3.63, 3.8) is 0 Å². The first kappa shape index (κ1) is 15.2. The number of nitrogens with zero attached hydrogens (tertiary/aromatic N) is 2. The molecule has 0 unspecified atom stereocenters. The summed E-state index contributed by atoms with van der Waals surface area (Å²) in [4.78, 5) is 19.1. The Balaban J connectivity index is 1.62. The fourth-order valence-electron chi connectivity index (χ4n) is 3.48. The van der Waals surface area contributed by atoms with Crippen LogP contribution in [0.1, 0.15) is 12.1 Å². The number of carbonyl (C=O) groups is 1. The van der Waals surface area contributed by atoms with E-state index >= 15 is 0 Å². The Kier molecular flexibility index (Phi) is 4.85. The van der Waals surface area contributed by atoms with Crippen LogP contribution in [0.4, 0.5) is 0 Å². The molecule has 0 radical (unpaired) electrons. The lowest BCUT2D eigenvalue weighted by Crippen LogP contribution is -2.52. The molecule has 2 fully saturated rings. The molecular formula is C17H23N3O2. The van der Waals surface area contributed by atoms with E-state index in [0.717, 1.165) is 38.4 Å². The molecule has 1 aromatic rings. The zero-order valence-corrected chi connectivity index (χ0v) is 12.8. The number of rotatable bonds is 5. The van der Waals surface area contributed by atoms with E-state index < -0.39 is 0 Å². The van der Waals surface area contributed by atoms with Gasteiger partial charge in [-0.15, -0.1) is 6.58 Å². The third-order valence-corrected chi connectivity index (χ3v) is 4.56. The minimum Gasteiger partial charge on any atom is -0.377 e. The predicted octanol–water partition coefficient (Wildman–Crippen LogP) is 1.22. The van der Waals surface area contributed by atoms with E-state index in [-0.39, 0.29) is 17.9 Å². The molecule has 1 aromatic heterocycles. The molecule has 0 aromatic carbocycles. The highest BCUT2D eigenvalue weighted by Gasteiger charge is 2.43. The molecule has 5 nitrogen and oxygen atoms in total. The largest absolute Gasteiger partial charge is 0.377 e. The Morgan fingerprint density at radius 2 is 2.41 bits per heavy atom. The standard InChI is InChI=1S/C17H23N3O2/c1-2-8-20-11-15(14-6-9-22-16(14)12-20)17(21)19-10-13-5-3-4-7-18-13/h2-5,7,14-16H,1,6,8-12H2,(H,19,21)/t14-,15+,16+/m0/s1. The van der Waals surface area contributed by atoms with Gasteiger partial charge in [0.15, 0.2) is 0 Å². The minimum absolute atomic E-state index is 0.00934. The van der Waals surface area contributed by atoms with Crippen LogP contribution in [-0.2, 0) is 16.1 Å². The van der Waals surface area contributed by atoms with Crippen molar-refractivity contribution >= 4 is 5.91 Å². The molecule has 0 bridgehead atoms. The number of aromatic nitrogens is 1. The minimum atomic E-state index is -0.00934. The van der Waals surface area contributed by atoms with Crippen LogP contribution in [0.25, 0.3) is 0 Å². The number of likely N-dealkylation sites (tertiary alicyclic amines) is 1. The van der Waals surface area contributed by atoms with Crippen molar-refractivity contribution in [2.75, 3.05) is 26.2 Å². The zero-order chi connectivity index (χ0) is 15.4. The van der Waals surface area contributed by atoms with Crippen molar-refractivity contribution < 1.29 is 9.53 Å². The summed E-state index contributed by atoms with van der Waals surface area (Å²) in [5.41, 5.74) is 0.883. The number of ether oxygens (including phenoxy) is 1. The highest BCUT2D eigenvalue weighted by atomic mass is 16.5. The van der Waals surface area contributed by atoms with E-state index in [0.29, 0.717) is 12.5 Å². The number of hydrogen-bond donors (Lipinski definition) is 1. The molecule has 0 saturated carbocycles. The number of fused-ring (bicyclic) bond motifs is 1. The smallest absolute Gasteiger partial charge is 0.225 e. The third-order valence-electron chi connectivity index (χ3n) is 4.56. The van der Waals surface area contributed by atoms with Crippen LogP contribution >= 0.6 is 0 Å². The Morgan fingerprint density at radius 1 is 1.50 bits per heavy atom. The van der Waals surface area contributed by atoms with Gasteiger partial charge in [0.05, 0.1) is 24.3 Å². The fraction of sp³-hybridized carbons (Fsp3) is 0.529.